The molecular formula is C21H32FN5O4. The van der Waals surface area contributed by atoms with Crippen LogP contribution in [0.2, 0.25) is 0 Å². The lowest BCUT2D eigenvalue weighted by atomic mass is 9.92. The molecule has 0 spiro atoms. The zero-order chi connectivity index (χ0) is 22.4. The van der Waals surface area contributed by atoms with Gasteiger partial charge in [0.25, 0.3) is 0 Å². The molecule has 1 aliphatic heterocycles. The van der Waals surface area contributed by atoms with E-state index >= 15 is 4.39 Å². The van der Waals surface area contributed by atoms with Gasteiger partial charge in [-0.3, -0.25) is 14.8 Å². The van der Waals surface area contributed by atoms with Crippen LogP contribution in [0, 0.1) is 17.7 Å². The molecule has 2 fully saturated rings. The van der Waals surface area contributed by atoms with Crippen molar-refractivity contribution in [3.8, 4) is 0 Å². The van der Waals surface area contributed by atoms with Gasteiger partial charge in [-0.25, -0.2) is 19.4 Å². The summed E-state index contributed by atoms with van der Waals surface area (Å²) in [6, 6.07) is 0. The van der Waals surface area contributed by atoms with Gasteiger partial charge in [-0.05, 0) is 18.8 Å². The number of hydrogen-bond acceptors (Lipinski definition) is 7. The zero-order valence-corrected chi connectivity index (χ0v) is 18.0. The Labute approximate surface area is 181 Å². The van der Waals surface area contributed by atoms with Crippen LogP contribution in [0.5, 0.6) is 0 Å². The minimum absolute atomic E-state index is 0.0902. The fourth-order valence-electron chi connectivity index (χ4n) is 4.45. The average Bonchev–Trinajstić information content (AvgIpc) is 3.43. The predicted molar refractivity (Wildman–Crippen MR) is 111 cm³/mol. The van der Waals surface area contributed by atoms with Crippen LogP contribution in [-0.2, 0) is 22.6 Å². The third-order valence-corrected chi connectivity index (χ3v) is 6.15. The topological polar surface area (TPSA) is 119 Å². The van der Waals surface area contributed by atoms with E-state index in [2.05, 4.69) is 15.3 Å². The first-order valence-electron chi connectivity index (χ1n) is 11.1. The zero-order valence-electron chi connectivity index (χ0n) is 18.0. The summed E-state index contributed by atoms with van der Waals surface area (Å²) < 4.78 is 15.1. The molecule has 1 aromatic heterocycles. The largest absolute Gasteiger partial charge is 0.391 e. The molecule has 0 radical (unpaired) electrons. The maximum Gasteiger partial charge on any atom is 0.233 e. The number of aryl methyl sites for hydroxylation is 1. The van der Waals surface area contributed by atoms with Gasteiger partial charge in [0.05, 0.1) is 25.1 Å². The summed E-state index contributed by atoms with van der Waals surface area (Å²) in [7, 11) is 0. The van der Waals surface area contributed by atoms with Gasteiger partial charge in [-0.15, -0.1) is 0 Å². The molecule has 172 valence electrons. The quantitative estimate of drug-likeness (QED) is 0.288. The fourth-order valence-corrected chi connectivity index (χ4v) is 4.45. The third kappa shape index (κ3) is 6.10. The molecule has 1 aliphatic carbocycles. The molecule has 2 atom stereocenters. The number of hydroxylamine groups is 2. The second-order valence-corrected chi connectivity index (χ2v) is 8.49. The highest BCUT2D eigenvalue weighted by Crippen LogP contribution is 2.31. The molecule has 0 unspecified atom stereocenters. The smallest absolute Gasteiger partial charge is 0.233 e. The van der Waals surface area contributed by atoms with Crippen LogP contribution in [0.4, 0.5) is 10.2 Å². The maximum absolute atomic E-state index is 15.1. The minimum Gasteiger partial charge on any atom is -0.391 e. The Kier molecular flexibility index (Phi) is 8.14. The van der Waals surface area contributed by atoms with Gasteiger partial charge >= 0.3 is 0 Å². The summed E-state index contributed by atoms with van der Waals surface area (Å²) >= 11 is 0. The Morgan fingerprint density at radius 1 is 1.35 bits per heavy atom. The fraction of sp³-hybridized carbons (Fsp3) is 0.714. The number of halogens is 1. The van der Waals surface area contributed by atoms with Crippen molar-refractivity contribution in [1.29, 1.82) is 0 Å². The molecule has 2 aliphatic rings. The van der Waals surface area contributed by atoms with Crippen molar-refractivity contribution in [2.45, 2.75) is 64.5 Å². The Morgan fingerprint density at radius 3 is 2.71 bits per heavy atom. The highest BCUT2D eigenvalue weighted by molar-refractivity contribution is 5.79. The van der Waals surface area contributed by atoms with Crippen molar-refractivity contribution in [2.75, 3.05) is 24.5 Å². The Hall–Kier alpha value is -2.33. The van der Waals surface area contributed by atoms with E-state index in [0.29, 0.717) is 49.2 Å². The van der Waals surface area contributed by atoms with E-state index in [1.165, 1.54) is 0 Å². The second-order valence-electron chi connectivity index (χ2n) is 8.49. The van der Waals surface area contributed by atoms with Crippen molar-refractivity contribution >= 4 is 18.1 Å². The molecule has 1 saturated heterocycles. The number of anilines is 1. The molecule has 0 aromatic carbocycles. The first kappa shape index (κ1) is 23.3. The third-order valence-electron chi connectivity index (χ3n) is 6.15. The van der Waals surface area contributed by atoms with Crippen molar-refractivity contribution < 1.29 is 24.3 Å². The SMILES string of the molecule is CCc1nc(CNC(=O)[C@H](CC2CCCC2)CN(O)C=O)c(F)c(N2CC[C@H](O)C2)n1. The first-order chi connectivity index (χ1) is 14.9. The van der Waals surface area contributed by atoms with Gasteiger partial charge in [0, 0.05) is 19.5 Å². The van der Waals surface area contributed by atoms with Crippen LogP contribution < -0.4 is 10.2 Å². The summed E-state index contributed by atoms with van der Waals surface area (Å²) in [6.07, 6.45) is 5.69. The van der Waals surface area contributed by atoms with Crippen molar-refractivity contribution in [3.63, 3.8) is 0 Å². The van der Waals surface area contributed by atoms with Gasteiger partial charge in [0.1, 0.15) is 11.5 Å². The Bertz CT molecular complexity index is 774. The van der Waals surface area contributed by atoms with Gasteiger partial charge in [0.15, 0.2) is 11.6 Å². The second kappa shape index (κ2) is 10.8. The highest BCUT2D eigenvalue weighted by atomic mass is 19.1. The van der Waals surface area contributed by atoms with Crippen LogP contribution in [0.3, 0.4) is 0 Å². The number of rotatable bonds is 10. The molecule has 31 heavy (non-hydrogen) atoms. The van der Waals surface area contributed by atoms with E-state index in [-0.39, 0.29) is 36.9 Å². The molecule has 1 aromatic rings. The highest BCUT2D eigenvalue weighted by Gasteiger charge is 2.29. The number of carbonyl (C=O) groups excluding carboxylic acids is 2. The molecule has 2 amide bonds. The lowest BCUT2D eigenvalue weighted by Gasteiger charge is -2.23. The molecule has 1 saturated carbocycles. The van der Waals surface area contributed by atoms with Gasteiger partial charge in [-0.1, -0.05) is 32.6 Å². The Morgan fingerprint density at radius 2 is 2.10 bits per heavy atom. The van der Waals surface area contributed by atoms with Gasteiger partial charge in [-0.2, -0.15) is 0 Å². The standard InChI is InChI=1S/C21H32FN5O4/c1-2-18-24-17(19(22)20(25-18)26-8-7-16(29)12-26)10-23-21(30)15(11-27(31)13-28)9-14-5-3-4-6-14/h13-16,29,31H,2-12H2,1H3,(H,23,30)/t15-,16+/m1/s1. The van der Waals surface area contributed by atoms with Crippen LogP contribution in [0.25, 0.3) is 0 Å². The summed E-state index contributed by atoms with van der Waals surface area (Å²) in [5.41, 5.74) is 0.0902. The van der Waals surface area contributed by atoms with Crippen LogP contribution in [0.15, 0.2) is 0 Å². The van der Waals surface area contributed by atoms with Crippen molar-refractivity contribution in [1.82, 2.24) is 20.3 Å². The van der Waals surface area contributed by atoms with Crippen LogP contribution >= 0.6 is 0 Å². The number of β-amino-alcohol motifs (C(OH)–C–C–N with tert-alkyl or cyclic N) is 1. The van der Waals surface area contributed by atoms with E-state index < -0.39 is 17.8 Å². The first-order valence-corrected chi connectivity index (χ1v) is 11.1. The number of hydrogen-bond donors (Lipinski definition) is 3. The number of carbonyl (C=O) groups is 2. The molecule has 10 heteroatoms. The lowest BCUT2D eigenvalue weighted by molar-refractivity contribution is -0.155. The Balaban J connectivity index is 1.71. The van der Waals surface area contributed by atoms with Crippen LogP contribution in [-0.4, -0.2) is 63.4 Å². The maximum atomic E-state index is 15.1. The molecule has 3 rings (SSSR count). The molecular weight excluding hydrogens is 405 g/mol. The van der Waals surface area contributed by atoms with Gasteiger partial charge in [0.2, 0.25) is 12.3 Å². The van der Waals surface area contributed by atoms with E-state index in [1.54, 1.807) is 4.90 Å². The lowest BCUT2D eigenvalue weighted by Crippen LogP contribution is -2.38. The summed E-state index contributed by atoms with van der Waals surface area (Å²) in [6.45, 7) is 2.47. The van der Waals surface area contributed by atoms with E-state index in [4.69, 9.17) is 0 Å². The number of nitrogens with one attached hydrogen (secondary N) is 1. The number of aromatic nitrogens is 2. The van der Waals surface area contributed by atoms with Crippen molar-refractivity contribution in [2.24, 2.45) is 11.8 Å². The predicted octanol–water partition coefficient (Wildman–Crippen LogP) is 1.41. The average molecular weight is 438 g/mol. The number of aliphatic hydroxyl groups is 1. The summed E-state index contributed by atoms with van der Waals surface area (Å²) in [5, 5.41) is 22.6. The molecule has 3 N–H and O–H groups in total. The monoisotopic (exact) mass is 437 g/mol. The molecule has 2 heterocycles. The van der Waals surface area contributed by atoms with E-state index in [9.17, 15) is 19.9 Å². The van der Waals surface area contributed by atoms with Crippen LogP contribution in [0.1, 0.15) is 57.0 Å². The number of aliphatic hydroxyl groups excluding tert-OH is 1. The number of nitrogens with zero attached hydrogens (tertiary/aromatic N) is 4. The minimum atomic E-state index is -0.601. The molecule has 0 bridgehead atoms. The summed E-state index contributed by atoms with van der Waals surface area (Å²) in [5.74, 6) is -0.532. The number of amides is 2. The van der Waals surface area contributed by atoms with Crippen molar-refractivity contribution in [3.05, 3.63) is 17.3 Å². The normalized spacial score (nSPS) is 20.1. The van der Waals surface area contributed by atoms with E-state index in [0.717, 1.165) is 25.7 Å². The van der Waals surface area contributed by atoms with E-state index in [1.807, 2.05) is 6.92 Å². The van der Waals surface area contributed by atoms with Gasteiger partial charge < -0.3 is 15.3 Å². The summed E-state index contributed by atoms with van der Waals surface area (Å²) in [4.78, 5) is 33.9. The molecule has 9 nitrogen and oxygen atoms in total.